The molecule has 2 nitrogen and oxygen atoms in total. The van der Waals surface area contributed by atoms with Gasteiger partial charge in [-0.15, -0.1) is 12.4 Å². The summed E-state index contributed by atoms with van der Waals surface area (Å²) in [5.74, 6) is 0. The van der Waals surface area contributed by atoms with E-state index in [1.165, 1.54) is 13.2 Å². The minimum atomic E-state index is 0. The third-order valence-electron chi connectivity index (χ3n) is 0.809. The van der Waals surface area contributed by atoms with Gasteiger partial charge in [0.15, 0.2) is 0 Å². The van der Waals surface area contributed by atoms with Crippen LogP contribution in [0.4, 0.5) is 0 Å². The van der Waals surface area contributed by atoms with E-state index in [9.17, 15) is 0 Å². The second-order valence-electron chi connectivity index (χ2n) is 1.69. The number of unbranched alkanes of at least 4 members (excludes halogenated alkanes) is 1. The fourth-order valence-electron chi connectivity index (χ4n) is 0.241. The van der Waals surface area contributed by atoms with E-state index >= 15 is 0 Å². The van der Waals surface area contributed by atoms with Crippen molar-refractivity contribution in [2.75, 3.05) is 13.2 Å². The minimum Gasteiger partial charge on any atom is -0.523 e. The molecular weight excluding hydrogens is 176 g/mol. The summed E-state index contributed by atoms with van der Waals surface area (Å²) in [6.07, 6.45) is 2.28. The molecule has 1 rings (SSSR count). The first-order valence-electron chi connectivity index (χ1n) is 3.26. The van der Waals surface area contributed by atoms with Crippen LogP contribution in [-0.2, 0) is 9.47 Å². The van der Waals surface area contributed by atoms with Crippen LogP contribution >= 0.6 is 12.4 Å². The topological polar surface area (TPSA) is 18.5 Å². The molecule has 1 aliphatic rings. The molecule has 0 aromatic rings. The number of rotatable bonds is 1. The van der Waals surface area contributed by atoms with Gasteiger partial charge in [-0.3, -0.25) is 0 Å². The Hall–Kier alpha value is 0.976. The van der Waals surface area contributed by atoms with Crippen molar-refractivity contribution in [1.82, 2.24) is 0 Å². The van der Waals surface area contributed by atoms with Crippen molar-refractivity contribution in [3.8, 4) is 0 Å². The molecule has 11 heavy (non-hydrogen) atoms. The van der Waals surface area contributed by atoms with Crippen molar-refractivity contribution in [2.24, 2.45) is 0 Å². The monoisotopic (exact) mass is 190 g/mol. The zero-order valence-corrected chi connectivity index (χ0v) is 9.28. The summed E-state index contributed by atoms with van der Waals surface area (Å²) in [6.45, 7) is 8.53. The Morgan fingerprint density at radius 3 is 1.82 bits per heavy atom. The predicted octanol–water partition coefficient (Wildman–Crippen LogP) is 1.81. The van der Waals surface area contributed by atoms with Gasteiger partial charge in [0.05, 0.1) is 0 Å². The molecule has 0 aliphatic carbocycles. The van der Waals surface area contributed by atoms with Crippen LogP contribution in [0.15, 0.2) is 0 Å². The molecular formula is C7H15ClMgO2. The molecule has 0 aromatic heterocycles. The van der Waals surface area contributed by atoms with Gasteiger partial charge in [-0.1, -0.05) is 20.1 Å². The molecule has 0 spiro atoms. The molecule has 0 amide bonds. The van der Waals surface area contributed by atoms with E-state index in [-0.39, 0.29) is 35.5 Å². The van der Waals surface area contributed by atoms with Gasteiger partial charge in [-0.2, -0.15) is 6.42 Å². The van der Waals surface area contributed by atoms with E-state index < -0.39 is 0 Å². The summed E-state index contributed by atoms with van der Waals surface area (Å²) >= 11 is 0. The van der Waals surface area contributed by atoms with Gasteiger partial charge in [-0.25, -0.2) is 0 Å². The molecule has 1 saturated heterocycles. The van der Waals surface area contributed by atoms with Gasteiger partial charge in [0, 0.05) is 13.2 Å². The Morgan fingerprint density at radius 2 is 1.73 bits per heavy atom. The molecule has 0 aromatic carbocycles. The van der Waals surface area contributed by atoms with Crippen LogP contribution in [0.1, 0.15) is 19.8 Å². The summed E-state index contributed by atoms with van der Waals surface area (Å²) in [6, 6.07) is 0. The fraction of sp³-hybridized carbons (Fsp3) is 0.714. The van der Waals surface area contributed by atoms with E-state index in [1.807, 2.05) is 0 Å². The van der Waals surface area contributed by atoms with Gasteiger partial charge in [-0.05, 0) is 0 Å². The standard InChI is InChI=1S/C4H9.C3H5O2.ClH.Mg/c1-3-4-2;1-2-5-3-4-1;;/h1,3-4H2,2H3;3H,1-2H2;1H;/q2*-1;;+2. The molecule has 0 N–H and O–H groups in total. The van der Waals surface area contributed by atoms with Crippen molar-refractivity contribution in [1.29, 1.82) is 0 Å². The average molecular weight is 191 g/mol. The van der Waals surface area contributed by atoms with Crippen molar-refractivity contribution < 1.29 is 9.47 Å². The maximum atomic E-state index is 4.60. The first-order chi connectivity index (χ1) is 4.41. The number of hydrogen-bond donors (Lipinski definition) is 0. The smallest absolute Gasteiger partial charge is 0.523 e. The largest absolute Gasteiger partial charge is 2.00 e. The van der Waals surface area contributed by atoms with Crippen LogP contribution in [0, 0.1) is 13.7 Å². The van der Waals surface area contributed by atoms with E-state index in [0.29, 0.717) is 0 Å². The molecule has 64 valence electrons. The van der Waals surface area contributed by atoms with Crippen LogP contribution in [0.2, 0.25) is 0 Å². The van der Waals surface area contributed by atoms with E-state index in [4.69, 9.17) is 0 Å². The molecule has 1 heterocycles. The summed E-state index contributed by atoms with van der Waals surface area (Å²) in [7, 11) is 0. The van der Waals surface area contributed by atoms with Crippen LogP contribution < -0.4 is 0 Å². The van der Waals surface area contributed by atoms with E-state index in [0.717, 1.165) is 19.6 Å². The molecule has 4 heteroatoms. The first-order valence-corrected chi connectivity index (χ1v) is 3.26. The SMILES string of the molecule is Cl.[CH-]1OCCO1.[CH2-]CCC.[Mg+2]. The quantitative estimate of drug-likeness (QED) is 0.464. The number of hydrogen-bond acceptors (Lipinski definition) is 2. The van der Waals surface area contributed by atoms with Crippen LogP contribution in [0.3, 0.4) is 0 Å². The summed E-state index contributed by atoms with van der Waals surface area (Å²) in [4.78, 5) is 0. The van der Waals surface area contributed by atoms with Gasteiger partial charge in [0.1, 0.15) is 0 Å². The predicted molar refractivity (Wildman–Crippen MR) is 49.5 cm³/mol. The third-order valence-corrected chi connectivity index (χ3v) is 0.809. The molecule has 0 bridgehead atoms. The Balaban J connectivity index is -0.000000101. The number of ether oxygens (including phenoxy) is 2. The van der Waals surface area contributed by atoms with Gasteiger partial charge < -0.3 is 16.4 Å². The average Bonchev–Trinajstić information content (AvgIpc) is 2.43. The summed E-state index contributed by atoms with van der Waals surface area (Å²) in [5.41, 5.74) is 0. The Kier molecular flexibility index (Phi) is 28.0. The Bertz CT molecular complexity index is 42.1. The van der Waals surface area contributed by atoms with Crippen LogP contribution in [0.25, 0.3) is 0 Å². The van der Waals surface area contributed by atoms with Crippen molar-refractivity contribution in [3.05, 3.63) is 13.7 Å². The molecule has 0 saturated carbocycles. The Morgan fingerprint density at radius 1 is 1.36 bits per heavy atom. The molecule has 1 fully saturated rings. The Labute approximate surface area is 91.6 Å². The molecule has 0 radical (unpaired) electrons. The van der Waals surface area contributed by atoms with Gasteiger partial charge in [0.2, 0.25) is 0 Å². The fourth-order valence-corrected chi connectivity index (χ4v) is 0.241. The zero-order chi connectivity index (χ0) is 6.95. The zero-order valence-electron chi connectivity index (χ0n) is 7.04. The molecule has 0 atom stereocenters. The normalized spacial score (nSPS) is 13.6. The van der Waals surface area contributed by atoms with Crippen LogP contribution in [-0.4, -0.2) is 36.3 Å². The van der Waals surface area contributed by atoms with E-state index in [2.05, 4.69) is 23.3 Å². The first kappa shape index (κ1) is 17.9. The van der Waals surface area contributed by atoms with Crippen LogP contribution in [0.5, 0.6) is 0 Å². The second kappa shape index (κ2) is 17.2. The minimum absolute atomic E-state index is 0. The second-order valence-corrected chi connectivity index (χ2v) is 1.69. The molecule has 1 aliphatic heterocycles. The summed E-state index contributed by atoms with van der Waals surface area (Å²) < 4.78 is 9.19. The maximum absolute atomic E-state index is 4.60. The van der Waals surface area contributed by atoms with Gasteiger partial charge in [0.25, 0.3) is 0 Å². The third kappa shape index (κ3) is 18.2. The van der Waals surface area contributed by atoms with Crippen molar-refractivity contribution in [3.63, 3.8) is 0 Å². The van der Waals surface area contributed by atoms with Crippen molar-refractivity contribution >= 4 is 35.5 Å². The van der Waals surface area contributed by atoms with Gasteiger partial charge >= 0.3 is 23.1 Å². The summed E-state index contributed by atoms with van der Waals surface area (Å²) in [5, 5.41) is 0. The molecule has 0 unspecified atom stereocenters. The van der Waals surface area contributed by atoms with Crippen molar-refractivity contribution in [2.45, 2.75) is 19.8 Å². The van der Waals surface area contributed by atoms with E-state index in [1.54, 1.807) is 0 Å². The maximum Gasteiger partial charge on any atom is 2.00 e. The number of halogens is 1.